The molecule has 144 valence electrons. The first-order chi connectivity index (χ1) is 12.8. The summed E-state index contributed by atoms with van der Waals surface area (Å²) < 4.78 is 21.5. The minimum Gasteiger partial charge on any atom is -0.379 e. The van der Waals surface area contributed by atoms with E-state index >= 15 is 0 Å². The summed E-state index contributed by atoms with van der Waals surface area (Å²) in [6.45, 7) is 8.88. The highest BCUT2D eigenvalue weighted by Crippen LogP contribution is 2.18. The molecule has 4 nitrogen and oxygen atoms in total. The fourth-order valence-corrected chi connectivity index (χ4v) is 3.04. The van der Waals surface area contributed by atoms with Crippen molar-refractivity contribution in [1.29, 1.82) is 0 Å². The Kier molecular flexibility index (Phi) is 8.15. The second-order valence-electron chi connectivity index (χ2n) is 7.21. The fraction of sp³-hybridized carbons (Fsp3) is 0.636. The maximum atomic E-state index is 5.61. The van der Waals surface area contributed by atoms with Crippen molar-refractivity contribution in [3.8, 4) is 0 Å². The van der Waals surface area contributed by atoms with Crippen molar-refractivity contribution in [2.75, 3.05) is 39.6 Å². The molecule has 0 aliphatic carbocycles. The first kappa shape index (κ1) is 19.6. The van der Waals surface area contributed by atoms with Crippen LogP contribution in [-0.2, 0) is 31.8 Å². The lowest BCUT2D eigenvalue weighted by molar-refractivity contribution is 0.113. The highest BCUT2D eigenvalue weighted by Gasteiger charge is 2.22. The van der Waals surface area contributed by atoms with E-state index in [0.717, 1.165) is 78.2 Å². The molecule has 2 unspecified atom stereocenters. The second-order valence-corrected chi connectivity index (χ2v) is 7.21. The topological polar surface area (TPSA) is 43.5 Å². The van der Waals surface area contributed by atoms with E-state index in [1.165, 1.54) is 16.7 Å². The highest BCUT2D eigenvalue weighted by molar-refractivity contribution is 5.53. The molecule has 2 saturated heterocycles. The molecule has 0 bridgehead atoms. The van der Waals surface area contributed by atoms with Crippen molar-refractivity contribution in [3.05, 3.63) is 41.5 Å². The largest absolute Gasteiger partial charge is 0.379 e. The minimum atomic E-state index is 0.367. The van der Waals surface area contributed by atoms with Crippen molar-refractivity contribution in [3.63, 3.8) is 0 Å². The van der Waals surface area contributed by atoms with Gasteiger partial charge in [-0.05, 0) is 55.2 Å². The fourth-order valence-electron chi connectivity index (χ4n) is 3.04. The quantitative estimate of drug-likeness (QED) is 0.352. The number of epoxide rings is 2. The van der Waals surface area contributed by atoms with E-state index in [-0.39, 0.29) is 0 Å². The predicted molar refractivity (Wildman–Crippen MR) is 104 cm³/mol. The average molecular weight is 360 g/mol. The molecule has 2 aliphatic heterocycles. The lowest BCUT2D eigenvalue weighted by atomic mass is 9.97. The molecule has 0 amide bonds. The molecule has 0 radical (unpaired) electrons. The number of unbranched alkanes of at least 4 members (excludes halogenated alkanes) is 2. The third-order valence-corrected chi connectivity index (χ3v) is 4.83. The minimum absolute atomic E-state index is 0.367. The van der Waals surface area contributed by atoms with Crippen molar-refractivity contribution >= 4 is 6.08 Å². The van der Waals surface area contributed by atoms with Gasteiger partial charge < -0.3 is 18.9 Å². The molecule has 2 heterocycles. The van der Waals surface area contributed by atoms with Gasteiger partial charge in [-0.3, -0.25) is 0 Å². The molecule has 4 heteroatoms. The van der Waals surface area contributed by atoms with Crippen LogP contribution in [0.2, 0.25) is 0 Å². The van der Waals surface area contributed by atoms with Gasteiger partial charge in [0.25, 0.3) is 0 Å². The van der Waals surface area contributed by atoms with Crippen LogP contribution in [0.5, 0.6) is 0 Å². The highest BCUT2D eigenvalue weighted by atomic mass is 16.6. The third-order valence-electron chi connectivity index (χ3n) is 4.83. The summed E-state index contributed by atoms with van der Waals surface area (Å²) in [6, 6.07) is 6.80. The lowest BCUT2D eigenvalue weighted by Crippen LogP contribution is -2.03. The maximum absolute atomic E-state index is 5.61. The van der Waals surface area contributed by atoms with E-state index in [9.17, 15) is 0 Å². The standard InChI is InChI=1S/C22H32O4/c1-2-19-10-9-18(7-3-5-11-23-14-21-16-25-21)13-20(19)8-4-6-12-24-15-22-17-26-22/h2,9-10,13,21-22H,1,3-8,11-12,14-17H2. The van der Waals surface area contributed by atoms with Crippen molar-refractivity contribution in [2.24, 2.45) is 0 Å². The molecule has 2 fully saturated rings. The Hall–Kier alpha value is -1.20. The van der Waals surface area contributed by atoms with Crippen LogP contribution in [-0.4, -0.2) is 51.8 Å². The summed E-state index contributed by atoms with van der Waals surface area (Å²) >= 11 is 0. The van der Waals surface area contributed by atoms with Gasteiger partial charge in [-0.15, -0.1) is 0 Å². The van der Waals surface area contributed by atoms with Gasteiger partial charge in [-0.2, -0.15) is 0 Å². The first-order valence-electron chi connectivity index (χ1n) is 9.98. The number of benzene rings is 1. The van der Waals surface area contributed by atoms with Crippen LogP contribution in [0.4, 0.5) is 0 Å². The molecule has 0 N–H and O–H groups in total. The zero-order valence-corrected chi connectivity index (χ0v) is 15.8. The summed E-state index contributed by atoms with van der Waals surface area (Å²) in [4.78, 5) is 0. The summed E-state index contributed by atoms with van der Waals surface area (Å²) in [6.07, 6.45) is 9.41. The van der Waals surface area contributed by atoms with Crippen LogP contribution in [0, 0.1) is 0 Å². The molecule has 2 atom stereocenters. The summed E-state index contributed by atoms with van der Waals surface area (Å²) in [5.41, 5.74) is 4.08. The van der Waals surface area contributed by atoms with Crippen LogP contribution < -0.4 is 0 Å². The Bertz CT molecular complexity index is 549. The molecule has 0 aromatic heterocycles. The van der Waals surface area contributed by atoms with Gasteiger partial charge in [-0.1, -0.05) is 30.9 Å². The maximum Gasteiger partial charge on any atom is 0.104 e. The normalized spacial score (nSPS) is 20.9. The lowest BCUT2D eigenvalue weighted by Gasteiger charge is -2.10. The Balaban J connectivity index is 1.32. The number of aryl methyl sites for hydroxylation is 2. The van der Waals surface area contributed by atoms with Crippen LogP contribution in [0.3, 0.4) is 0 Å². The monoisotopic (exact) mass is 360 g/mol. The van der Waals surface area contributed by atoms with Gasteiger partial charge in [0.15, 0.2) is 0 Å². The summed E-state index contributed by atoms with van der Waals surface area (Å²) in [5.74, 6) is 0. The van der Waals surface area contributed by atoms with Gasteiger partial charge >= 0.3 is 0 Å². The smallest absolute Gasteiger partial charge is 0.104 e. The Labute approximate surface area is 157 Å². The molecular weight excluding hydrogens is 328 g/mol. The second kappa shape index (κ2) is 10.8. The zero-order valence-electron chi connectivity index (χ0n) is 15.8. The van der Waals surface area contributed by atoms with Gasteiger partial charge in [0.2, 0.25) is 0 Å². The van der Waals surface area contributed by atoms with E-state index < -0.39 is 0 Å². The van der Waals surface area contributed by atoms with Gasteiger partial charge in [0.05, 0.1) is 26.4 Å². The Morgan fingerprint density at radius 3 is 2.12 bits per heavy atom. The molecule has 26 heavy (non-hydrogen) atoms. The van der Waals surface area contributed by atoms with E-state index in [0.29, 0.717) is 12.2 Å². The molecule has 3 rings (SSSR count). The van der Waals surface area contributed by atoms with Crippen molar-refractivity contribution in [1.82, 2.24) is 0 Å². The van der Waals surface area contributed by atoms with Gasteiger partial charge in [0, 0.05) is 13.2 Å². The predicted octanol–water partition coefficient (Wildman–Crippen LogP) is 3.81. The van der Waals surface area contributed by atoms with Crippen molar-refractivity contribution < 1.29 is 18.9 Å². The van der Waals surface area contributed by atoms with Crippen LogP contribution >= 0.6 is 0 Å². The number of ether oxygens (including phenoxy) is 4. The zero-order chi connectivity index (χ0) is 18.0. The van der Waals surface area contributed by atoms with Crippen LogP contribution in [0.25, 0.3) is 6.08 Å². The van der Waals surface area contributed by atoms with Crippen molar-refractivity contribution in [2.45, 2.75) is 50.7 Å². The molecule has 2 aliphatic rings. The average Bonchev–Trinajstić information content (AvgIpc) is 3.56. The molecule has 0 spiro atoms. The molecule has 0 saturated carbocycles. The van der Waals surface area contributed by atoms with E-state index in [1.54, 1.807) is 0 Å². The molecule has 1 aromatic carbocycles. The van der Waals surface area contributed by atoms with E-state index in [4.69, 9.17) is 18.9 Å². The summed E-state index contributed by atoms with van der Waals surface area (Å²) in [7, 11) is 0. The number of hydrogen-bond donors (Lipinski definition) is 0. The Morgan fingerprint density at radius 1 is 0.923 bits per heavy atom. The summed E-state index contributed by atoms with van der Waals surface area (Å²) in [5, 5.41) is 0. The van der Waals surface area contributed by atoms with Gasteiger partial charge in [0.1, 0.15) is 12.2 Å². The molecule has 1 aromatic rings. The van der Waals surface area contributed by atoms with Gasteiger partial charge in [-0.25, -0.2) is 0 Å². The third kappa shape index (κ3) is 7.58. The SMILES string of the molecule is C=Cc1ccc(CCCCOCC2CO2)cc1CCCCOCC1CO1. The molecular formula is C22H32O4. The van der Waals surface area contributed by atoms with Crippen LogP contribution in [0.15, 0.2) is 24.8 Å². The number of hydrogen-bond acceptors (Lipinski definition) is 4. The Morgan fingerprint density at radius 2 is 1.54 bits per heavy atom. The van der Waals surface area contributed by atoms with E-state index in [2.05, 4.69) is 24.8 Å². The first-order valence-corrected chi connectivity index (χ1v) is 9.98. The van der Waals surface area contributed by atoms with Crippen LogP contribution in [0.1, 0.15) is 42.4 Å². The van der Waals surface area contributed by atoms with E-state index in [1.807, 2.05) is 6.08 Å². The number of rotatable bonds is 15.